The number of hydrogen-bond donors (Lipinski definition) is 2. The van der Waals surface area contributed by atoms with Crippen LogP contribution in [0.1, 0.15) is 28.4 Å². The van der Waals surface area contributed by atoms with Crippen molar-refractivity contribution in [3.63, 3.8) is 0 Å². The minimum Gasteiger partial charge on any atom is -0.490 e. The molecule has 3 aromatic rings. The highest BCUT2D eigenvalue weighted by molar-refractivity contribution is 6.32. The number of halogens is 1. The smallest absolute Gasteiger partial charge is 0.271 e. The number of nitro groups is 1. The lowest BCUT2D eigenvalue weighted by molar-refractivity contribution is -0.384. The van der Waals surface area contributed by atoms with E-state index in [0.717, 1.165) is 11.6 Å². The molecule has 0 spiro atoms. The molecule has 0 unspecified atom stereocenters. The Hall–Kier alpha value is -4.44. The normalized spacial score (nSPS) is 10.6. The first kappa shape index (κ1) is 26.2. The molecule has 0 fully saturated rings. The summed E-state index contributed by atoms with van der Waals surface area (Å²) in [6.07, 6.45) is 1.33. The second-order valence-electron chi connectivity index (χ2n) is 7.42. The highest BCUT2D eigenvalue weighted by Crippen LogP contribution is 2.36. The molecule has 36 heavy (non-hydrogen) atoms. The van der Waals surface area contributed by atoms with E-state index in [4.69, 9.17) is 21.1 Å². The van der Waals surface area contributed by atoms with E-state index in [2.05, 4.69) is 15.8 Å². The molecular formula is C25H23ClN4O6. The first-order valence-electron chi connectivity index (χ1n) is 10.8. The summed E-state index contributed by atoms with van der Waals surface area (Å²) in [7, 11) is 0. The number of hydrazone groups is 1. The largest absolute Gasteiger partial charge is 0.490 e. The zero-order valence-electron chi connectivity index (χ0n) is 19.5. The summed E-state index contributed by atoms with van der Waals surface area (Å²) >= 11 is 6.37. The molecule has 3 aromatic carbocycles. The van der Waals surface area contributed by atoms with Gasteiger partial charge in [0.15, 0.2) is 18.1 Å². The maximum absolute atomic E-state index is 12.3. The van der Waals surface area contributed by atoms with Gasteiger partial charge in [0.05, 0.1) is 22.8 Å². The lowest BCUT2D eigenvalue weighted by Gasteiger charge is -2.15. The van der Waals surface area contributed by atoms with Crippen molar-refractivity contribution >= 4 is 41.0 Å². The van der Waals surface area contributed by atoms with Gasteiger partial charge in [-0.1, -0.05) is 35.9 Å². The summed E-state index contributed by atoms with van der Waals surface area (Å²) < 4.78 is 11.2. The van der Waals surface area contributed by atoms with E-state index in [1.54, 1.807) is 19.1 Å². The van der Waals surface area contributed by atoms with Gasteiger partial charge < -0.3 is 14.8 Å². The maximum Gasteiger partial charge on any atom is 0.271 e. The van der Waals surface area contributed by atoms with Gasteiger partial charge in [0.1, 0.15) is 0 Å². The molecule has 10 nitrogen and oxygen atoms in total. The molecular weight excluding hydrogens is 488 g/mol. The van der Waals surface area contributed by atoms with Gasteiger partial charge in [0, 0.05) is 23.4 Å². The van der Waals surface area contributed by atoms with Crippen LogP contribution in [0.4, 0.5) is 11.4 Å². The average Bonchev–Trinajstić information content (AvgIpc) is 2.85. The number of rotatable bonds is 10. The molecule has 0 saturated carbocycles. The zero-order valence-corrected chi connectivity index (χ0v) is 20.2. The molecule has 11 heteroatoms. The molecule has 0 atom stereocenters. The van der Waals surface area contributed by atoms with Crippen LogP contribution in [0, 0.1) is 17.0 Å². The molecule has 0 radical (unpaired) electrons. The lowest BCUT2D eigenvalue weighted by atomic mass is 10.2. The minimum absolute atomic E-state index is 0.0853. The number of hydrogen-bond acceptors (Lipinski definition) is 7. The molecule has 186 valence electrons. The predicted molar refractivity (Wildman–Crippen MR) is 136 cm³/mol. The molecule has 0 aromatic heterocycles. The molecule has 0 bridgehead atoms. The summed E-state index contributed by atoms with van der Waals surface area (Å²) in [6, 6.07) is 15.8. The lowest BCUT2D eigenvalue weighted by Crippen LogP contribution is -2.21. The van der Waals surface area contributed by atoms with Crippen molar-refractivity contribution in [1.29, 1.82) is 0 Å². The van der Waals surface area contributed by atoms with Crippen molar-refractivity contribution in [3.8, 4) is 11.5 Å². The topological polar surface area (TPSA) is 132 Å². The van der Waals surface area contributed by atoms with Gasteiger partial charge in [-0.3, -0.25) is 19.7 Å². The Morgan fingerprint density at radius 1 is 1.11 bits per heavy atom. The SMILES string of the molecule is CCOc1cc(/C=N/NC(=O)c2cccc([N+](=O)[O-])c2)cc(Cl)c1OCC(=O)Nc1ccccc1C. The molecule has 0 aliphatic rings. The minimum atomic E-state index is -0.620. The van der Waals surface area contributed by atoms with Crippen LogP contribution in [0.2, 0.25) is 5.02 Å². The third kappa shape index (κ3) is 7.03. The van der Waals surface area contributed by atoms with E-state index in [9.17, 15) is 19.7 Å². The standard InChI is InChI=1S/C25H23ClN4O6/c1-3-35-22-12-17(14-27-29-25(32)18-8-6-9-19(13-18)30(33)34)11-20(26)24(22)36-15-23(31)28-21-10-5-4-7-16(21)2/h4-14H,3,15H2,1-2H3,(H,28,31)(H,29,32)/b27-14+. The number of nitrogens with zero attached hydrogens (tertiary/aromatic N) is 2. The molecule has 3 rings (SSSR count). The summed E-state index contributed by atoms with van der Waals surface area (Å²) in [5.74, 6) is -0.501. The number of nitrogens with one attached hydrogen (secondary N) is 2. The fourth-order valence-corrected chi connectivity index (χ4v) is 3.37. The average molecular weight is 511 g/mol. The number of carbonyl (C=O) groups excluding carboxylic acids is 2. The van der Waals surface area contributed by atoms with E-state index in [1.807, 2.05) is 25.1 Å². The molecule has 0 saturated heterocycles. The Morgan fingerprint density at radius 2 is 1.89 bits per heavy atom. The summed E-state index contributed by atoms with van der Waals surface area (Å²) in [4.78, 5) is 34.9. The summed E-state index contributed by atoms with van der Waals surface area (Å²) in [6.45, 7) is 3.68. The van der Waals surface area contributed by atoms with Crippen molar-refractivity contribution in [2.75, 3.05) is 18.5 Å². The van der Waals surface area contributed by atoms with E-state index in [0.29, 0.717) is 23.6 Å². The predicted octanol–water partition coefficient (Wildman–Crippen LogP) is 4.74. The van der Waals surface area contributed by atoms with Gasteiger partial charge in [-0.15, -0.1) is 0 Å². The highest BCUT2D eigenvalue weighted by Gasteiger charge is 2.15. The van der Waals surface area contributed by atoms with Crippen LogP contribution < -0.4 is 20.2 Å². The van der Waals surface area contributed by atoms with Gasteiger partial charge in [0.2, 0.25) is 0 Å². The third-order valence-corrected chi connectivity index (χ3v) is 5.08. The first-order valence-corrected chi connectivity index (χ1v) is 11.2. The number of aryl methyl sites for hydroxylation is 1. The number of carbonyl (C=O) groups is 2. The first-order chi connectivity index (χ1) is 17.3. The third-order valence-electron chi connectivity index (χ3n) is 4.80. The molecule has 2 N–H and O–H groups in total. The van der Waals surface area contributed by atoms with Crippen molar-refractivity contribution in [2.24, 2.45) is 5.10 Å². The fraction of sp³-hybridized carbons (Fsp3) is 0.160. The Labute approximate surface area is 212 Å². The van der Waals surface area contributed by atoms with E-state index < -0.39 is 10.8 Å². The fourth-order valence-electron chi connectivity index (χ4n) is 3.09. The van der Waals surface area contributed by atoms with Crippen LogP contribution in [-0.2, 0) is 4.79 Å². The van der Waals surface area contributed by atoms with Gasteiger partial charge in [-0.2, -0.15) is 5.10 Å². The number of anilines is 1. The van der Waals surface area contributed by atoms with Gasteiger partial charge >= 0.3 is 0 Å². The monoisotopic (exact) mass is 510 g/mol. The number of amides is 2. The van der Waals surface area contributed by atoms with E-state index >= 15 is 0 Å². The van der Waals surface area contributed by atoms with Crippen LogP contribution in [0.25, 0.3) is 0 Å². The van der Waals surface area contributed by atoms with Crippen LogP contribution in [0.5, 0.6) is 11.5 Å². The van der Waals surface area contributed by atoms with Crippen LogP contribution >= 0.6 is 11.6 Å². The second-order valence-corrected chi connectivity index (χ2v) is 7.83. The van der Waals surface area contributed by atoms with E-state index in [1.165, 1.54) is 30.5 Å². The van der Waals surface area contributed by atoms with Crippen molar-refractivity contribution in [1.82, 2.24) is 5.43 Å². The number of non-ortho nitro benzene ring substituents is 1. The Balaban J connectivity index is 1.67. The van der Waals surface area contributed by atoms with Crippen LogP contribution in [0.15, 0.2) is 65.8 Å². The number of nitro benzene ring substituents is 1. The zero-order chi connectivity index (χ0) is 26.1. The summed E-state index contributed by atoms with van der Waals surface area (Å²) in [5.41, 5.74) is 4.27. The quantitative estimate of drug-likeness (QED) is 0.230. The Bertz CT molecular complexity index is 1310. The Morgan fingerprint density at radius 3 is 2.61 bits per heavy atom. The van der Waals surface area contributed by atoms with Crippen LogP contribution in [0.3, 0.4) is 0 Å². The maximum atomic E-state index is 12.3. The number of para-hydroxylation sites is 1. The molecule has 2 amide bonds. The van der Waals surface area contributed by atoms with Gasteiger partial charge in [-0.05, 0) is 49.2 Å². The summed E-state index contributed by atoms with van der Waals surface area (Å²) in [5, 5.41) is 17.7. The Kier molecular flexibility index (Phi) is 8.95. The molecule has 0 heterocycles. The number of benzene rings is 3. The molecule has 0 aliphatic carbocycles. The van der Waals surface area contributed by atoms with Crippen LogP contribution in [-0.4, -0.2) is 36.2 Å². The van der Waals surface area contributed by atoms with Crippen molar-refractivity contribution in [2.45, 2.75) is 13.8 Å². The molecule has 0 aliphatic heterocycles. The second kappa shape index (κ2) is 12.3. The van der Waals surface area contributed by atoms with Gasteiger partial charge in [0.25, 0.3) is 17.5 Å². The van der Waals surface area contributed by atoms with Gasteiger partial charge in [-0.25, -0.2) is 5.43 Å². The van der Waals surface area contributed by atoms with E-state index in [-0.39, 0.29) is 34.5 Å². The highest BCUT2D eigenvalue weighted by atomic mass is 35.5. The number of ether oxygens (including phenoxy) is 2. The van der Waals surface area contributed by atoms with Crippen molar-refractivity contribution in [3.05, 3.63) is 92.5 Å². The van der Waals surface area contributed by atoms with Crippen molar-refractivity contribution < 1.29 is 24.0 Å².